The Hall–Kier alpha value is -1.32. The SMILES string of the molecule is CCN(c1ncnc(NC)c1C)C1CC1. The Labute approximate surface area is 90.7 Å². The molecule has 0 aromatic carbocycles. The van der Waals surface area contributed by atoms with Crippen LogP contribution in [-0.4, -0.2) is 29.6 Å². The lowest BCUT2D eigenvalue weighted by Crippen LogP contribution is -2.27. The Morgan fingerprint density at radius 1 is 1.47 bits per heavy atom. The highest BCUT2D eigenvalue weighted by Gasteiger charge is 2.30. The standard InChI is InChI=1S/C11H18N4/c1-4-15(9-5-6-9)11-8(2)10(12-3)13-7-14-11/h7,9H,4-6H2,1-3H3,(H,12,13,14). The van der Waals surface area contributed by atoms with Crippen molar-refractivity contribution >= 4 is 11.6 Å². The molecule has 0 saturated heterocycles. The monoisotopic (exact) mass is 206 g/mol. The first-order valence-electron chi connectivity index (χ1n) is 5.54. The maximum Gasteiger partial charge on any atom is 0.137 e. The Balaban J connectivity index is 2.33. The minimum atomic E-state index is 0.702. The normalized spacial score (nSPS) is 15.1. The molecular weight excluding hydrogens is 188 g/mol. The molecule has 0 aliphatic heterocycles. The molecule has 0 amide bonds. The van der Waals surface area contributed by atoms with Gasteiger partial charge in [-0.15, -0.1) is 0 Å². The second kappa shape index (κ2) is 4.04. The Kier molecular flexibility index (Phi) is 2.75. The topological polar surface area (TPSA) is 41.1 Å². The van der Waals surface area contributed by atoms with Crippen LogP contribution in [0, 0.1) is 6.92 Å². The van der Waals surface area contributed by atoms with E-state index in [1.807, 2.05) is 7.05 Å². The zero-order valence-corrected chi connectivity index (χ0v) is 9.62. The maximum atomic E-state index is 4.39. The molecule has 0 spiro atoms. The van der Waals surface area contributed by atoms with Gasteiger partial charge >= 0.3 is 0 Å². The fraction of sp³-hybridized carbons (Fsp3) is 0.636. The molecule has 4 nitrogen and oxygen atoms in total. The van der Waals surface area contributed by atoms with E-state index in [-0.39, 0.29) is 0 Å². The summed E-state index contributed by atoms with van der Waals surface area (Å²) < 4.78 is 0. The average Bonchev–Trinajstić information content (AvgIpc) is 3.06. The summed E-state index contributed by atoms with van der Waals surface area (Å²) in [5, 5.41) is 3.10. The number of rotatable bonds is 4. The van der Waals surface area contributed by atoms with Crippen molar-refractivity contribution in [3.05, 3.63) is 11.9 Å². The molecule has 1 heterocycles. The number of hydrogen-bond donors (Lipinski definition) is 1. The van der Waals surface area contributed by atoms with Crippen molar-refractivity contribution in [1.29, 1.82) is 0 Å². The molecule has 1 fully saturated rings. The number of nitrogens with zero attached hydrogens (tertiary/aromatic N) is 3. The minimum absolute atomic E-state index is 0.702. The van der Waals surface area contributed by atoms with Crippen LogP contribution in [0.4, 0.5) is 11.6 Å². The molecule has 0 radical (unpaired) electrons. The number of nitrogens with one attached hydrogen (secondary N) is 1. The Morgan fingerprint density at radius 2 is 2.20 bits per heavy atom. The average molecular weight is 206 g/mol. The summed E-state index contributed by atoms with van der Waals surface area (Å²) >= 11 is 0. The van der Waals surface area contributed by atoms with E-state index < -0.39 is 0 Å². The van der Waals surface area contributed by atoms with Gasteiger partial charge in [-0.25, -0.2) is 9.97 Å². The summed E-state index contributed by atoms with van der Waals surface area (Å²) in [5.41, 5.74) is 1.15. The van der Waals surface area contributed by atoms with Gasteiger partial charge < -0.3 is 10.2 Å². The predicted molar refractivity (Wildman–Crippen MR) is 62.4 cm³/mol. The number of aromatic nitrogens is 2. The van der Waals surface area contributed by atoms with Gasteiger partial charge in [-0.2, -0.15) is 0 Å². The zero-order valence-electron chi connectivity index (χ0n) is 9.62. The van der Waals surface area contributed by atoms with Crippen LogP contribution in [0.25, 0.3) is 0 Å². The van der Waals surface area contributed by atoms with Gasteiger partial charge in [0.05, 0.1) is 0 Å². The molecular formula is C11H18N4. The lowest BCUT2D eigenvalue weighted by Gasteiger charge is -2.23. The van der Waals surface area contributed by atoms with Crippen molar-refractivity contribution in [3.8, 4) is 0 Å². The third-order valence-corrected chi connectivity index (χ3v) is 2.89. The molecule has 1 N–H and O–H groups in total. The summed E-state index contributed by atoms with van der Waals surface area (Å²) in [6.45, 7) is 5.27. The molecule has 4 heteroatoms. The third-order valence-electron chi connectivity index (χ3n) is 2.89. The largest absolute Gasteiger partial charge is 0.373 e. The highest BCUT2D eigenvalue weighted by atomic mass is 15.2. The van der Waals surface area contributed by atoms with Crippen molar-refractivity contribution in [2.75, 3.05) is 23.8 Å². The van der Waals surface area contributed by atoms with Gasteiger partial charge in [0.15, 0.2) is 0 Å². The number of anilines is 2. The molecule has 82 valence electrons. The van der Waals surface area contributed by atoms with Crippen molar-refractivity contribution in [3.63, 3.8) is 0 Å². The second-order valence-electron chi connectivity index (χ2n) is 3.94. The smallest absolute Gasteiger partial charge is 0.137 e. The summed E-state index contributed by atoms with van der Waals surface area (Å²) in [5.74, 6) is 2.01. The van der Waals surface area contributed by atoms with Crippen LogP contribution < -0.4 is 10.2 Å². The van der Waals surface area contributed by atoms with E-state index in [2.05, 4.69) is 34.0 Å². The molecule has 1 saturated carbocycles. The zero-order chi connectivity index (χ0) is 10.8. The molecule has 0 atom stereocenters. The highest BCUT2D eigenvalue weighted by molar-refractivity contribution is 5.58. The molecule has 1 aliphatic rings. The summed E-state index contributed by atoms with van der Waals surface area (Å²) in [7, 11) is 1.90. The van der Waals surface area contributed by atoms with Gasteiger partial charge in [0.25, 0.3) is 0 Å². The molecule has 15 heavy (non-hydrogen) atoms. The first kappa shape index (κ1) is 10.2. The van der Waals surface area contributed by atoms with Crippen LogP contribution in [0.1, 0.15) is 25.3 Å². The first-order valence-corrected chi connectivity index (χ1v) is 5.54. The van der Waals surface area contributed by atoms with Crippen molar-refractivity contribution in [2.45, 2.75) is 32.7 Å². The fourth-order valence-corrected chi connectivity index (χ4v) is 1.95. The van der Waals surface area contributed by atoms with Gasteiger partial charge in [-0.05, 0) is 26.7 Å². The van der Waals surface area contributed by atoms with E-state index in [1.165, 1.54) is 12.8 Å². The van der Waals surface area contributed by atoms with E-state index in [9.17, 15) is 0 Å². The first-order chi connectivity index (χ1) is 7.27. The summed E-state index contributed by atoms with van der Waals surface area (Å²) in [6, 6.07) is 0.702. The third kappa shape index (κ3) is 1.89. The fourth-order valence-electron chi connectivity index (χ4n) is 1.95. The minimum Gasteiger partial charge on any atom is -0.373 e. The van der Waals surface area contributed by atoms with E-state index >= 15 is 0 Å². The Morgan fingerprint density at radius 3 is 2.73 bits per heavy atom. The molecule has 1 aromatic heterocycles. The Bertz CT molecular complexity index is 346. The van der Waals surface area contributed by atoms with E-state index in [4.69, 9.17) is 0 Å². The maximum absolute atomic E-state index is 4.39. The molecule has 1 aliphatic carbocycles. The van der Waals surface area contributed by atoms with E-state index in [0.29, 0.717) is 6.04 Å². The van der Waals surface area contributed by atoms with Gasteiger partial charge in [0.2, 0.25) is 0 Å². The summed E-state index contributed by atoms with van der Waals surface area (Å²) in [6.07, 6.45) is 4.23. The van der Waals surface area contributed by atoms with Gasteiger partial charge in [0, 0.05) is 25.2 Å². The lowest BCUT2D eigenvalue weighted by molar-refractivity contribution is 0.800. The molecule has 2 rings (SSSR count). The van der Waals surface area contributed by atoms with Crippen molar-refractivity contribution in [2.24, 2.45) is 0 Å². The van der Waals surface area contributed by atoms with Crippen molar-refractivity contribution < 1.29 is 0 Å². The highest BCUT2D eigenvalue weighted by Crippen LogP contribution is 2.32. The van der Waals surface area contributed by atoms with Crippen LogP contribution >= 0.6 is 0 Å². The predicted octanol–water partition coefficient (Wildman–Crippen LogP) is 1.82. The molecule has 1 aromatic rings. The van der Waals surface area contributed by atoms with Crippen LogP contribution in [0.2, 0.25) is 0 Å². The van der Waals surface area contributed by atoms with Crippen molar-refractivity contribution in [1.82, 2.24) is 9.97 Å². The van der Waals surface area contributed by atoms with Crippen LogP contribution in [0.15, 0.2) is 6.33 Å². The molecule has 0 bridgehead atoms. The van der Waals surface area contributed by atoms with Gasteiger partial charge in [-0.3, -0.25) is 0 Å². The van der Waals surface area contributed by atoms with Gasteiger partial charge in [0.1, 0.15) is 18.0 Å². The molecule has 0 unspecified atom stereocenters. The van der Waals surface area contributed by atoms with Crippen LogP contribution in [0.5, 0.6) is 0 Å². The van der Waals surface area contributed by atoms with E-state index in [0.717, 1.165) is 23.7 Å². The van der Waals surface area contributed by atoms with Crippen LogP contribution in [-0.2, 0) is 0 Å². The number of hydrogen-bond acceptors (Lipinski definition) is 4. The second-order valence-corrected chi connectivity index (χ2v) is 3.94. The van der Waals surface area contributed by atoms with Gasteiger partial charge in [-0.1, -0.05) is 0 Å². The lowest BCUT2D eigenvalue weighted by atomic mass is 10.3. The quantitative estimate of drug-likeness (QED) is 0.815. The van der Waals surface area contributed by atoms with Crippen LogP contribution in [0.3, 0.4) is 0 Å². The summed E-state index contributed by atoms with van der Waals surface area (Å²) in [4.78, 5) is 11.0. The van der Waals surface area contributed by atoms with E-state index in [1.54, 1.807) is 6.33 Å².